The Morgan fingerprint density at radius 1 is 1.15 bits per heavy atom. The molecule has 2 aromatic carbocycles. The van der Waals surface area contributed by atoms with Crippen LogP contribution in [0.5, 0.6) is 0 Å². The molecule has 142 valence electrons. The first-order chi connectivity index (χ1) is 12.9. The van der Waals surface area contributed by atoms with Gasteiger partial charge in [-0.25, -0.2) is 8.78 Å². The third-order valence-corrected chi connectivity index (χ3v) is 5.26. The number of amides is 1. The lowest BCUT2D eigenvalue weighted by molar-refractivity contribution is -0.150. The van der Waals surface area contributed by atoms with Crippen molar-refractivity contribution in [3.8, 4) is 0 Å². The molecule has 0 saturated carbocycles. The lowest BCUT2D eigenvalue weighted by Gasteiger charge is -2.14. The van der Waals surface area contributed by atoms with Gasteiger partial charge in [-0.2, -0.15) is 0 Å². The van der Waals surface area contributed by atoms with Gasteiger partial charge in [-0.15, -0.1) is 11.8 Å². The molecule has 7 heteroatoms. The summed E-state index contributed by atoms with van der Waals surface area (Å²) in [5, 5.41) is 2.28. The van der Waals surface area contributed by atoms with E-state index in [-0.39, 0.29) is 11.4 Å². The van der Waals surface area contributed by atoms with Gasteiger partial charge >= 0.3 is 5.97 Å². The van der Waals surface area contributed by atoms with Crippen molar-refractivity contribution in [3.05, 3.63) is 59.2 Å². The number of carbonyl (C=O) groups excluding carboxylic acids is 2. The Balaban J connectivity index is 1.48. The van der Waals surface area contributed by atoms with Crippen molar-refractivity contribution < 1.29 is 23.1 Å². The topological polar surface area (TPSA) is 55.4 Å². The molecule has 1 amide bonds. The van der Waals surface area contributed by atoms with Crippen molar-refractivity contribution in [2.75, 3.05) is 11.1 Å². The number of carbonyl (C=O) groups is 2. The number of halogens is 2. The van der Waals surface area contributed by atoms with Crippen LogP contribution in [-0.2, 0) is 27.2 Å². The highest BCUT2D eigenvalue weighted by Crippen LogP contribution is 2.27. The summed E-state index contributed by atoms with van der Waals surface area (Å²) in [5.74, 6) is -2.79. The lowest BCUT2D eigenvalue weighted by atomic mass is 10.1. The molecule has 4 nitrogen and oxygen atoms in total. The minimum atomic E-state index is -1.09. The van der Waals surface area contributed by atoms with E-state index >= 15 is 0 Å². The Labute approximate surface area is 160 Å². The highest BCUT2D eigenvalue weighted by molar-refractivity contribution is 8.00. The first kappa shape index (κ1) is 19.4. The first-order valence-corrected chi connectivity index (χ1v) is 9.61. The molecule has 3 rings (SSSR count). The van der Waals surface area contributed by atoms with Crippen molar-refractivity contribution in [3.63, 3.8) is 0 Å². The molecule has 0 aliphatic heterocycles. The van der Waals surface area contributed by atoms with E-state index in [0.29, 0.717) is 6.07 Å². The summed E-state index contributed by atoms with van der Waals surface area (Å²) in [4.78, 5) is 25.0. The zero-order valence-corrected chi connectivity index (χ0v) is 15.6. The number of hydrogen-bond acceptors (Lipinski definition) is 4. The third-order valence-electron chi connectivity index (χ3n) is 4.29. The van der Waals surface area contributed by atoms with E-state index in [1.807, 2.05) is 6.07 Å². The van der Waals surface area contributed by atoms with Crippen LogP contribution in [0.15, 0.2) is 41.3 Å². The number of rotatable bonds is 6. The minimum absolute atomic E-state index is 0.0708. The predicted octanol–water partition coefficient (Wildman–Crippen LogP) is 4.12. The summed E-state index contributed by atoms with van der Waals surface area (Å²) in [6.45, 7) is 1.40. The second-order valence-corrected chi connectivity index (χ2v) is 7.37. The molecule has 0 heterocycles. The van der Waals surface area contributed by atoms with E-state index in [1.54, 1.807) is 0 Å². The van der Waals surface area contributed by atoms with Gasteiger partial charge in [0.1, 0.15) is 11.6 Å². The fourth-order valence-electron chi connectivity index (χ4n) is 2.89. The van der Waals surface area contributed by atoms with Gasteiger partial charge in [-0.1, -0.05) is 6.07 Å². The van der Waals surface area contributed by atoms with Crippen molar-refractivity contribution in [2.24, 2.45) is 0 Å². The maximum Gasteiger partial charge on any atom is 0.317 e. The molecule has 1 atom stereocenters. The molecule has 1 aliphatic carbocycles. The molecular formula is C20H19F2NO3S. The fourth-order valence-corrected chi connectivity index (χ4v) is 3.63. The van der Waals surface area contributed by atoms with E-state index in [4.69, 9.17) is 4.74 Å². The summed E-state index contributed by atoms with van der Waals surface area (Å²) < 4.78 is 31.6. The molecule has 2 aromatic rings. The van der Waals surface area contributed by atoms with E-state index in [9.17, 15) is 18.4 Å². The van der Waals surface area contributed by atoms with E-state index in [1.165, 1.54) is 29.8 Å². The van der Waals surface area contributed by atoms with Crippen LogP contribution in [0.3, 0.4) is 0 Å². The highest BCUT2D eigenvalue weighted by Gasteiger charge is 2.20. The number of ether oxygens (including phenoxy) is 1. The van der Waals surface area contributed by atoms with Gasteiger partial charge in [0.05, 0.1) is 11.4 Å². The van der Waals surface area contributed by atoms with Crippen LogP contribution in [-0.4, -0.2) is 23.7 Å². The van der Waals surface area contributed by atoms with Crippen LogP contribution in [0.4, 0.5) is 14.5 Å². The Morgan fingerprint density at radius 3 is 2.70 bits per heavy atom. The largest absolute Gasteiger partial charge is 0.452 e. The summed E-state index contributed by atoms with van der Waals surface area (Å²) in [6, 6.07) is 8.97. The van der Waals surface area contributed by atoms with Crippen LogP contribution in [0, 0.1) is 11.6 Å². The highest BCUT2D eigenvalue weighted by atomic mass is 32.2. The monoisotopic (exact) mass is 391 g/mol. The zero-order valence-electron chi connectivity index (χ0n) is 14.8. The second kappa shape index (κ2) is 8.52. The number of aryl methyl sites for hydroxylation is 2. The second-order valence-electron chi connectivity index (χ2n) is 6.32. The summed E-state index contributed by atoms with van der Waals surface area (Å²) in [6.07, 6.45) is 2.23. The molecule has 0 aromatic heterocycles. The van der Waals surface area contributed by atoms with Crippen molar-refractivity contribution in [1.82, 2.24) is 0 Å². The molecule has 1 aliphatic rings. The Hall–Kier alpha value is -2.41. The van der Waals surface area contributed by atoms with E-state index in [0.717, 1.165) is 36.3 Å². The maximum atomic E-state index is 13.6. The van der Waals surface area contributed by atoms with Gasteiger partial charge in [0.25, 0.3) is 5.91 Å². The summed E-state index contributed by atoms with van der Waals surface area (Å²) in [5.41, 5.74) is 2.51. The van der Waals surface area contributed by atoms with Crippen LogP contribution in [0.2, 0.25) is 0 Å². The lowest BCUT2D eigenvalue weighted by Crippen LogP contribution is -2.30. The van der Waals surface area contributed by atoms with Gasteiger partial charge in [0.15, 0.2) is 6.10 Å². The van der Waals surface area contributed by atoms with Gasteiger partial charge in [-0.05, 0) is 61.6 Å². The quantitative estimate of drug-likeness (QED) is 0.595. The number of hydrogen-bond donors (Lipinski definition) is 1. The maximum absolute atomic E-state index is 13.6. The summed E-state index contributed by atoms with van der Waals surface area (Å²) in [7, 11) is 0. The van der Waals surface area contributed by atoms with Crippen LogP contribution in [0.1, 0.15) is 24.5 Å². The molecule has 27 heavy (non-hydrogen) atoms. The number of thioether (sulfide) groups is 1. The Kier molecular flexibility index (Phi) is 6.11. The van der Waals surface area contributed by atoms with Crippen LogP contribution < -0.4 is 5.32 Å². The van der Waals surface area contributed by atoms with Gasteiger partial charge in [0.2, 0.25) is 0 Å². The van der Waals surface area contributed by atoms with Crippen molar-refractivity contribution >= 4 is 29.3 Å². The van der Waals surface area contributed by atoms with Crippen LogP contribution >= 0.6 is 11.8 Å². The average Bonchev–Trinajstić information content (AvgIpc) is 3.10. The zero-order chi connectivity index (χ0) is 19.4. The molecule has 1 N–H and O–H groups in total. The van der Waals surface area contributed by atoms with Crippen molar-refractivity contribution in [2.45, 2.75) is 37.2 Å². The van der Waals surface area contributed by atoms with E-state index < -0.39 is 29.6 Å². The number of nitrogens with one attached hydrogen (secondary N) is 1. The molecule has 0 bridgehead atoms. The van der Waals surface area contributed by atoms with Gasteiger partial charge < -0.3 is 10.1 Å². The molecule has 0 spiro atoms. The fraction of sp³-hybridized carbons (Fsp3) is 0.300. The Morgan fingerprint density at radius 2 is 1.93 bits per heavy atom. The Bertz CT molecular complexity index is 872. The number of esters is 1. The van der Waals surface area contributed by atoms with Gasteiger partial charge in [-0.3, -0.25) is 9.59 Å². The molecule has 0 fully saturated rings. The average molecular weight is 391 g/mol. The first-order valence-electron chi connectivity index (χ1n) is 8.62. The van der Waals surface area contributed by atoms with Gasteiger partial charge in [0, 0.05) is 11.0 Å². The smallest absolute Gasteiger partial charge is 0.317 e. The van der Waals surface area contributed by atoms with E-state index in [2.05, 4.69) is 17.4 Å². The standard InChI is InChI=1S/C20H19F2NO3S/c1-12(20(25)23-18-8-6-15(21)10-17(18)22)26-19(24)11-27-16-7-5-13-3-2-4-14(13)9-16/h5-10,12H,2-4,11H2,1H3,(H,23,25)/t12-/m1/s1. The van der Waals surface area contributed by atoms with Crippen LogP contribution in [0.25, 0.3) is 0 Å². The molecule has 0 radical (unpaired) electrons. The normalized spacial score (nSPS) is 13.7. The van der Waals surface area contributed by atoms with Crippen molar-refractivity contribution in [1.29, 1.82) is 0 Å². The molecular weight excluding hydrogens is 372 g/mol. The minimum Gasteiger partial charge on any atom is -0.452 e. The number of anilines is 1. The third kappa shape index (κ3) is 5.07. The summed E-state index contributed by atoms with van der Waals surface area (Å²) >= 11 is 1.35. The number of benzene rings is 2. The SMILES string of the molecule is C[C@@H](OC(=O)CSc1ccc2c(c1)CCC2)C(=O)Nc1ccc(F)cc1F. The molecule has 0 saturated heterocycles. The molecule has 0 unspecified atom stereocenters. The number of fused-ring (bicyclic) bond motifs is 1. The predicted molar refractivity (Wildman–Crippen MR) is 99.7 cm³/mol.